The van der Waals surface area contributed by atoms with Crippen LogP contribution in [-0.2, 0) is 6.42 Å². The van der Waals surface area contributed by atoms with Crippen molar-refractivity contribution in [3.8, 4) is 0 Å². The minimum absolute atomic E-state index is 0. The Morgan fingerprint density at radius 2 is 2.13 bits per heavy atom. The van der Waals surface area contributed by atoms with E-state index in [1.807, 2.05) is 12.1 Å². The number of halogens is 3. The van der Waals surface area contributed by atoms with E-state index in [1.54, 1.807) is 12.3 Å². The van der Waals surface area contributed by atoms with Crippen LogP contribution >= 0.6 is 35.6 Å². The number of aromatic amines is 1. The lowest BCUT2D eigenvalue weighted by atomic mass is 10.1. The molecule has 0 aromatic carbocycles. The molecule has 0 aliphatic carbocycles. The largest absolute Gasteiger partial charge is 0.382 e. The van der Waals surface area contributed by atoms with Gasteiger partial charge in [0.2, 0.25) is 0 Å². The van der Waals surface area contributed by atoms with Crippen LogP contribution in [-0.4, -0.2) is 26.1 Å². The fourth-order valence-electron chi connectivity index (χ4n) is 2.22. The number of anilines is 1. The van der Waals surface area contributed by atoms with Gasteiger partial charge in [0.1, 0.15) is 5.15 Å². The molecule has 0 amide bonds. The number of fused-ring (bicyclic) bond motifs is 1. The van der Waals surface area contributed by atoms with Gasteiger partial charge in [0.05, 0.1) is 10.7 Å². The van der Waals surface area contributed by atoms with Crippen LogP contribution in [0.15, 0.2) is 35.4 Å². The summed E-state index contributed by atoms with van der Waals surface area (Å²) in [6, 6.07) is 5.55. The molecule has 0 aliphatic heterocycles. The summed E-state index contributed by atoms with van der Waals surface area (Å²) in [6.45, 7) is 0.719. The maximum Gasteiger partial charge on any atom is 0.347 e. The lowest BCUT2D eigenvalue weighted by molar-refractivity contribution is 0.860. The van der Waals surface area contributed by atoms with E-state index in [1.165, 1.54) is 10.6 Å². The fraction of sp³-hybridized carbons (Fsp3) is 0.214. The van der Waals surface area contributed by atoms with Crippen LogP contribution in [0.1, 0.15) is 12.0 Å². The molecule has 0 aliphatic rings. The third kappa shape index (κ3) is 4.16. The zero-order chi connectivity index (χ0) is 15.5. The molecule has 0 bridgehead atoms. The van der Waals surface area contributed by atoms with Gasteiger partial charge < -0.3 is 5.32 Å². The Morgan fingerprint density at radius 3 is 2.91 bits per heavy atom. The minimum Gasteiger partial charge on any atom is -0.382 e. The molecule has 0 fully saturated rings. The number of pyridine rings is 2. The summed E-state index contributed by atoms with van der Waals surface area (Å²) in [6.07, 6.45) is 5.00. The molecule has 6 nitrogen and oxygen atoms in total. The first-order valence-corrected chi connectivity index (χ1v) is 7.49. The average molecular weight is 375 g/mol. The Bertz CT molecular complexity index is 861. The van der Waals surface area contributed by atoms with Gasteiger partial charge in [-0.1, -0.05) is 23.2 Å². The molecule has 0 unspecified atom stereocenters. The van der Waals surface area contributed by atoms with Crippen LogP contribution in [0.25, 0.3) is 5.65 Å². The van der Waals surface area contributed by atoms with Gasteiger partial charge in [-0.25, -0.2) is 19.3 Å². The Labute approximate surface area is 148 Å². The smallest absolute Gasteiger partial charge is 0.347 e. The highest BCUT2D eigenvalue weighted by molar-refractivity contribution is 6.30. The van der Waals surface area contributed by atoms with Crippen molar-refractivity contribution in [1.82, 2.24) is 19.6 Å². The van der Waals surface area contributed by atoms with Gasteiger partial charge in [-0.05, 0) is 36.6 Å². The van der Waals surface area contributed by atoms with Gasteiger partial charge in [-0.15, -0.1) is 12.4 Å². The lowest BCUT2D eigenvalue weighted by Gasteiger charge is -2.08. The van der Waals surface area contributed by atoms with Gasteiger partial charge in [0.25, 0.3) is 0 Å². The molecule has 3 aromatic heterocycles. The highest BCUT2D eigenvalue weighted by Crippen LogP contribution is 2.19. The first kappa shape index (κ1) is 17.6. The molecule has 3 rings (SSSR count). The lowest BCUT2D eigenvalue weighted by Crippen LogP contribution is -2.10. The number of nitrogens with one attached hydrogen (secondary N) is 2. The van der Waals surface area contributed by atoms with Crippen LogP contribution in [0.4, 0.5) is 5.69 Å². The molecule has 0 radical (unpaired) electrons. The van der Waals surface area contributed by atoms with Crippen LogP contribution in [0, 0.1) is 0 Å². The summed E-state index contributed by atoms with van der Waals surface area (Å²) in [5.41, 5.74) is 2.07. The van der Waals surface area contributed by atoms with Gasteiger partial charge in [-0.3, -0.25) is 0 Å². The number of aryl methyl sites for hydroxylation is 1. The fourth-order valence-corrected chi connectivity index (χ4v) is 2.62. The molecule has 0 saturated carbocycles. The summed E-state index contributed by atoms with van der Waals surface area (Å²) in [5, 5.41) is 10.6. The third-order valence-corrected chi connectivity index (χ3v) is 3.64. The number of aromatic nitrogens is 4. The van der Waals surface area contributed by atoms with E-state index in [0.717, 1.165) is 30.6 Å². The predicted octanol–water partition coefficient (Wildman–Crippen LogP) is 3.19. The normalized spacial score (nSPS) is 10.5. The summed E-state index contributed by atoms with van der Waals surface area (Å²) >= 11 is 11.9. The number of rotatable bonds is 5. The second kappa shape index (κ2) is 7.68. The molecule has 2 N–H and O–H groups in total. The molecule has 0 spiro atoms. The van der Waals surface area contributed by atoms with Crippen LogP contribution < -0.4 is 11.0 Å². The molecule has 3 heterocycles. The van der Waals surface area contributed by atoms with Crippen LogP contribution in [0.2, 0.25) is 10.2 Å². The number of hydrogen-bond donors (Lipinski definition) is 2. The zero-order valence-electron chi connectivity index (χ0n) is 11.9. The Balaban J connectivity index is 0.00000192. The molecule has 9 heteroatoms. The summed E-state index contributed by atoms with van der Waals surface area (Å²) in [7, 11) is 0. The minimum atomic E-state index is -0.313. The SMILES string of the molecule is Cl.O=c1[nH]nc2c(NCCCc3ccnc(Cl)c3)cc(Cl)cn12. The number of H-pyrrole nitrogens is 1. The summed E-state index contributed by atoms with van der Waals surface area (Å²) in [4.78, 5) is 15.5. The Kier molecular flexibility index (Phi) is 5.87. The van der Waals surface area contributed by atoms with Gasteiger partial charge in [0, 0.05) is 18.9 Å². The van der Waals surface area contributed by atoms with Crippen molar-refractivity contribution in [3.05, 3.63) is 56.8 Å². The zero-order valence-corrected chi connectivity index (χ0v) is 14.3. The van der Waals surface area contributed by atoms with Crippen LogP contribution in [0.3, 0.4) is 0 Å². The van der Waals surface area contributed by atoms with E-state index in [0.29, 0.717) is 15.8 Å². The summed E-state index contributed by atoms with van der Waals surface area (Å²) < 4.78 is 1.38. The van der Waals surface area contributed by atoms with Crippen molar-refractivity contribution < 1.29 is 0 Å². The van der Waals surface area contributed by atoms with Gasteiger partial charge in [0.15, 0.2) is 5.65 Å². The van der Waals surface area contributed by atoms with E-state index >= 15 is 0 Å². The Hall–Kier alpha value is -1.76. The second-order valence-electron chi connectivity index (χ2n) is 4.81. The van der Waals surface area contributed by atoms with Crippen molar-refractivity contribution in [1.29, 1.82) is 0 Å². The predicted molar refractivity (Wildman–Crippen MR) is 94.1 cm³/mol. The highest BCUT2D eigenvalue weighted by atomic mass is 35.5. The maximum absolute atomic E-state index is 11.6. The molecule has 0 saturated heterocycles. The molecule has 0 atom stereocenters. The molecule has 3 aromatic rings. The van der Waals surface area contributed by atoms with Gasteiger partial charge in [-0.2, -0.15) is 5.10 Å². The second-order valence-corrected chi connectivity index (χ2v) is 5.64. The first-order valence-electron chi connectivity index (χ1n) is 6.74. The number of nitrogens with zero attached hydrogens (tertiary/aromatic N) is 3. The Morgan fingerprint density at radius 1 is 1.30 bits per heavy atom. The third-order valence-electron chi connectivity index (χ3n) is 3.23. The van der Waals surface area contributed by atoms with E-state index < -0.39 is 0 Å². The summed E-state index contributed by atoms with van der Waals surface area (Å²) in [5.74, 6) is 0. The number of hydrogen-bond acceptors (Lipinski definition) is 4. The molecular weight excluding hydrogens is 361 g/mol. The highest BCUT2D eigenvalue weighted by Gasteiger charge is 2.07. The van der Waals surface area contributed by atoms with Gasteiger partial charge >= 0.3 is 5.69 Å². The topological polar surface area (TPSA) is 75.1 Å². The van der Waals surface area contributed by atoms with E-state index in [9.17, 15) is 4.79 Å². The maximum atomic E-state index is 11.6. The van der Waals surface area contributed by atoms with Crippen LogP contribution in [0.5, 0.6) is 0 Å². The molecule has 122 valence electrons. The van der Waals surface area contributed by atoms with Crippen molar-refractivity contribution in [2.45, 2.75) is 12.8 Å². The van der Waals surface area contributed by atoms with Crippen molar-refractivity contribution in [3.63, 3.8) is 0 Å². The average Bonchev–Trinajstić information content (AvgIpc) is 2.85. The van der Waals surface area contributed by atoms with Crippen molar-refractivity contribution >= 4 is 46.9 Å². The first-order chi connectivity index (χ1) is 10.6. The molecular formula is C14H14Cl3N5O. The monoisotopic (exact) mass is 373 g/mol. The molecule has 23 heavy (non-hydrogen) atoms. The quantitative estimate of drug-likeness (QED) is 0.531. The van der Waals surface area contributed by atoms with E-state index in [2.05, 4.69) is 20.5 Å². The van der Waals surface area contributed by atoms with E-state index in [-0.39, 0.29) is 18.1 Å². The van der Waals surface area contributed by atoms with Crippen molar-refractivity contribution in [2.75, 3.05) is 11.9 Å². The standard InChI is InChI=1S/C14H13Cl2N5O.ClH/c15-10-7-11(13-19-20-14(22)21(13)8-10)17-4-1-2-9-3-5-18-12(16)6-9;/h3,5-8,17H,1-2,4H2,(H,20,22);1H. The van der Waals surface area contributed by atoms with E-state index in [4.69, 9.17) is 23.2 Å². The van der Waals surface area contributed by atoms with Crippen molar-refractivity contribution in [2.24, 2.45) is 0 Å².